The number of amides is 1. The van der Waals surface area contributed by atoms with E-state index >= 15 is 0 Å². The summed E-state index contributed by atoms with van der Waals surface area (Å²) in [5.41, 5.74) is 0.732. The van der Waals surface area contributed by atoms with Gasteiger partial charge in [-0.05, 0) is 32.9 Å². The summed E-state index contributed by atoms with van der Waals surface area (Å²) in [5.74, 6) is 0.0551. The lowest BCUT2D eigenvalue weighted by molar-refractivity contribution is -0.126. The van der Waals surface area contributed by atoms with Gasteiger partial charge >= 0.3 is 0 Å². The van der Waals surface area contributed by atoms with Crippen LogP contribution in [0, 0.1) is 0 Å². The molecule has 2 rings (SSSR count). The Morgan fingerprint density at radius 2 is 2.00 bits per heavy atom. The van der Waals surface area contributed by atoms with E-state index in [-0.39, 0.29) is 22.9 Å². The van der Waals surface area contributed by atoms with Gasteiger partial charge in [0.05, 0.1) is 11.6 Å². The predicted molar refractivity (Wildman–Crippen MR) is 78.3 cm³/mol. The maximum absolute atomic E-state index is 12.4. The zero-order valence-corrected chi connectivity index (χ0v) is 12.4. The first-order chi connectivity index (χ1) is 8.90. The van der Waals surface area contributed by atoms with Gasteiger partial charge in [0.15, 0.2) is 0 Å². The molecule has 4 heteroatoms. The highest BCUT2D eigenvalue weighted by atomic mass is 35.5. The fraction of sp³-hybridized carbons (Fsp3) is 0.533. The monoisotopic (exact) mass is 280 g/mol. The Labute approximate surface area is 119 Å². The Morgan fingerprint density at radius 1 is 1.37 bits per heavy atom. The number of benzene rings is 1. The van der Waals surface area contributed by atoms with Crippen LogP contribution in [0.5, 0.6) is 0 Å². The summed E-state index contributed by atoms with van der Waals surface area (Å²) in [4.78, 5) is 14.4. The third-order valence-electron chi connectivity index (χ3n) is 3.73. The molecule has 1 aromatic carbocycles. The number of likely N-dealkylation sites (N-methyl/N-ethyl adjacent to an activating group) is 1. The van der Waals surface area contributed by atoms with E-state index in [0.717, 1.165) is 18.5 Å². The average molecular weight is 281 g/mol. The van der Waals surface area contributed by atoms with Gasteiger partial charge < -0.3 is 5.32 Å². The fourth-order valence-corrected chi connectivity index (χ4v) is 2.95. The average Bonchev–Trinajstić information content (AvgIpc) is 2.69. The molecule has 0 spiro atoms. The molecule has 1 amide bonds. The summed E-state index contributed by atoms with van der Waals surface area (Å²) in [6, 6.07) is 9.89. The molecule has 2 unspecified atom stereocenters. The Kier molecular flexibility index (Phi) is 4.16. The second kappa shape index (κ2) is 5.51. The number of carbonyl (C=O) groups excluding carboxylic acids is 1. The smallest absolute Gasteiger partial charge is 0.238 e. The van der Waals surface area contributed by atoms with E-state index in [9.17, 15) is 4.79 Å². The first-order valence-corrected chi connectivity index (χ1v) is 7.05. The van der Waals surface area contributed by atoms with Gasteiger partial charge in [-0.25, -0.2) is 0 Å². The van der Waals surface area contributed by atoms with Crippen molar-refractivity contribution in [3.8, 4) is 0 Å². The minimum absolute atomic E-state index is 0.0551. The first-order valence-electron chi connectivity index (χ1n) is 6.62. The molecule has 19 heavy (non-hydrogen) atoms. The summed E-state index contributed by atoms with van der Waals surface area (Å²) < 4.78 is 0. The van der Waals surface area contributed by atoms with E-state index in [1.807, 2.05) is 56.1 Å². The summed E-state index contributed by atoms with van der Waals surface area (Å²) in [6.45, 7) is 4.81. The molecule has 0 aromatic heterocycles. The van der Waals surface area contributed by atoms with Gasteiger partial charge in [-0.2, -0.15) is 0 Å². The highest BCUT2D eigenvalue weighted by molar-refractivity contribution is 6.21. The van der Waals surface area contributed by atoms with Crippen molar-refractivity contribution in [3.63, 3.8) is 0 Å². The van der Waals surface area contributed by atoms with E-state index in [2.05, 4.69) is 5.32 Å². The molecule has 0 saturated carbocycles. The molecule has 1 aliphatic rings. The Morgan fingerprint density at radius 3 is 2.53 bits per heavy atom. The number of rotatable bonds is 3. The lowest BCUT2D eigenvalue weighted by Gasteiger charge is -2.30. The molecule has 1 aliphatic heterocycles. The van der Waals surface area contributed by atoms with Crippen molar-refractivity contribution in [1.82, 2.24) is 10.2 Å². The number of hydrogen-bond acceptors (Lipinski definition) is 2. The summed E-state index contributed by atoms with van der Waals surface area (Å²) in [6.07, 6.45) is 0.717. The first kappa shape index (κ1) is 14.4. The number of likely N-dealkylation sites (tertiary alicyclic amines) is 1. The SMILES string of the molecule is CN1CC(Cl)CC1C(=O)NC(C)(C)c1ccccc1. The largest absolute Gasteiger partial charge is 0.346 e. The van der Waals surface area contributed by atoms with Crippen molar-refractivity contribution >= 4 is 17.5 Å². The molecule has 1 fully saturated rings. The molecule has 104 valence electrons. The van der Waals surface area contributed by atoms with Crippen LogP contribution >= 0.6 is 11.6 Å². The van der Waals surface area contributed by atoms with Crippen LogP contribution in [-0.2, 0) is 10.3 Å². The van der Waals surface area contributed by atoms with Gasteiger partial charge in [0.25, 0.3) is 0 Å². The second-order valence-electron chi connectivity index (χ2n) is 5.77. The number of nitrogens with one attached hydrogen (secondary N) is 1. The fourth-order valence-electron chi connectivity index (χ4n) is 2.56. The van der Waals surface area contributed by atoms with Crippen LogP contribution in [0.4, 0.5) is 0 Å². The number of carbonyl (C=O) groups is 1. The van der Waals surface area contributed by atoms with E-state index in [1.165, 1.54) is 0 Å². The maximum Gasteiger partial charge on any atom is 0.238 e. The second-order valence-corrected chi connectivity index (χ2v) is 6.39. The van der Waals surface area contributed by atoms with E-state index in [4.69, 9.17) is 11.6 Å². The van der Waals surface area contributed by atoms with Crippen molar-refractivity contribution in [2.75, 3.05) is 13.6 Å². The normalized spacial score (nSPS) is 24.4. The van der Waals surface area contributed by atoms with Crippen LogP contribution < -0.4 is 5.32 Å². The summed E-state index contributed by atoms with van der Waals surface area (Å²) in [5, 5.41) is 3.20. The van der Waals surface area contributed by atoms with Crippen molar-refractivity contribution in [1.29, 1.82) is 0 Å². The van der Waals surface area contributed by atoms with Crippen LogP contribution in [-0.4, -0.2) is 35.8 Å². The summed E-state index contributed by atoms with van der Waals surface area (Å²) in [7, 11) is 1.95. The van der Waals surface area contributed by atoms with Crippen LogP contribution in [0.1, 0.15) is 25.8 Å². The van der Waals surface area contributed by atoms with E-state index < -0.39 is 0 Å². The van der Waals surface area contributed by atoms with Crippen LogP contribution in [0.15, 0.2) is 30.3 Å². The molecular weight excluding hydrogens is 260 g/mol. The molecule has 1 aromatic rings. The molecule has 1 heterocycles. The Hall–Kier alpha value is -1.06. The van der Waals surface area contributed by atoms with Gasteiger partial charge in [-0.15, -0.1) is 11.6 Å². The number of nitrogens with zero attached hydrogens (tertiary/aromatic N) is 1. The molecular formula is C15H21ClN2O. The van der Waals surface area contributed by atoms with Gasteiger partial charge in [-0.3, -0.25) is 9.69 Å². The molecule has 3 nitrogen and oxygen atoms in total. The molecule has 1 saturated heterocycles. The van der Waals surface area contributed by atoms with Gasteiger partial charge in [-0.1, -0.05) is 30.3 Å². The number of hydrogen-bond donors (Lipinski definition) is 1. The molecule has 1 N–H and O–H groups in total. The minimum atomic E-state index is -0.371. The zero-order valence-electron chi connectivity index (χ0n) is 11.7. The minimum Gasteiger partial charge on any atom is -0.346 e. The third kappa shape index (κ3) is 3.28. The van der Waals surface area contributed by atoms with Gasteiger partial charge in [0.1, 0.15) is 0 Å². The van der Waals surface area contributed by atoms with Crippen LogP contribution in [0.3, 0.4) is 0 Å². The molecule has 0 radical (unpaired) electrons. The quantitative estimate of drug-likeness (QED) is 0.862. The molecule has 0 bridgehead atoms. The summed E-state index contributed by atoms with van der Waals surface area (Å²) >= 11 is 6.11. The van der Waals surface area contributed by atoms with Gasteiger partial charge in [0.2, 0.25) is 5.91 Å². The zero-order chi connectivity index (χ0) is 14.0. The molecule has 0 aliphatic carbocycles. The van der Waals surface area contributed by atoms with E-state index in [1.54, 1.807) is 0 Å². The van der Waals surface area contributed by atoms with Gasteiger partial charge in [0, 0.05) is 11.9 Å². The van der Waals surface area contributed by atoms with Crippen molar-refractivity contribution < 1.29 is 4.79 Å². The maximum atomic E-state index is 12.4. The highest BCUT2D eigenvalue weighted by Gasteiger charge is 2.35. The predicted octanol–water partition coefficient (Wildman–Crippen LogP) is 2.35. The third-order valence-corrected chi connectivity index (χ3v) is 4.05. The topological polar surface area (TPSA) is 32.3 Å². The van der Waals surface area contributed by atoms with Crippen molar-refractivity contribution in [2.24, 2.45) is 0 Å². The Bertz CT molecular complexity index is 447. The van der Waals surface area contributed by atoms with Crippen LogP contribution in [0.25, 0.3) is 0 Å². The Balaban J connectivity index is 2.06. The van der Waals surface area contributed by atoms with Crippen LogP contribution in [0.2, 0.25) is 0 Å². The van der Waals surface area contributed by atoms with Crippen molar-refractivity contribution in [2.45, 2.75) is 37.2 Å². The number of halogens is 1. The lowest BCUT2D eigenvalue weighted by atomic mass is 9.94. The molecule has 2 atom stereocenters. The lowest BCUT2D eigenvalue weighted by Crippen LogP contribution is -2.49. The standard InChI is InChI=1S/C15H21ClN2O/c1-15(2,11-7-5-4-6-8-11)17-14(19)13-9-12(16)10-18(13)3/h4-8,12-13H,9-10H2,1-3H3,(H,17,19). The van der Waals surface area contributed by atoms with E-state index in [0.29, 0.717) is 0 Å². The highest BCUT2D eigenvalue weighted by Crippen LogP contribution is 2.24. The van der Waals surface area contributed by atoms with Crippen molar-refractivity contribution in [3.05, 3.63) is 35.9 Å². The number of alkyl halides is 1.